The first-order valence-electron chi connectivity index (χ1n) is 28.2. The second-order valence-electron chi connectivity index (χ2n) is 19.3. The van der Waals surface area contributed by atoms with Crippen molar-refractivity contribution >= 4 is 11.9 Å². The Morgan fingerprint density at radius 3 is 1.27 bits per heavy atom. The SMILES string of the molecule is CC/C=C/C/C=C/C/C=C/CCCCC(CC(=O)NC(CO)C(O)CCCCCCCCCCCCCCCCCC)OC(=O)CCCCCCCCCCCCCCCCCCC. The number of aliphatic hydroxyl groups excluding tert-OH is 2. The van der Waals surface area contributed by atoms with Crippen molar-refractivity contribution in [3.8, 4) is 0 Å². The smallest absolute Gasteiger partial charge is 0.306 e. The number of hydrogen-bond acceptors (Lipinski definition) is 5. The molecule has 376 valence electrons. The molecule has 0 heterocycles. The highest BCUT2D eigenvalue weighted by molar-refractivity contribution is 5.77. The zero-order chi connectivity index (χ0) is 46.7. The number of rotatable bonds is 51. The molecule has 3 N–H and O–H groups in total. The minimum atomic E-state index is -0.796. The van der Waals surface area contributed by atoms with Gasteiger partial charge in [-0.25, -0.2) is 0 Å². The summed E-state index contributed by atoms with van der Waals surface area (Å²) in [5.74, 6) is -0.498. The van der Waals surface area contributed by atoms with Crippen LogP contribution in [0.1, 0.15) is 297 Å². The number of amides is 1. The van der Waals surface area contributed by atoms with Gasteiger partial charge in [-0.15, -0.1) is 0 Å². The number of aliphatic hydroxyl groups is 2. The molecule has 0 aliphatic carbocycles. The highest BCUT2D eigenvalue weighted by Crippen LogP contribution is 2.18. The highest BCUT2D eigenvalue weighted by Gasteiger charge is 2.24. The molecule has 6 nitrogen and oxygen atoms in total. The summed E-state index contributed by atoms with van der Waals surface area (Å²) in [4.78, 5) is 26.2. The van der Waals surface area contributed by atoms with Crippen molar-refractivity contribution < 1.29 is 24.5 Å². The van der Waals surface area contributed by atoms with E-state index in [2.05, 4.69) is 62.5 Å². The molecular weight excluding hydrogens is 791 g/mol. The fraction of sp³-hybridized carbons (Fsp3) is 0.862. The molecule has 6 heteroatoms. The Morgan fingerprint density at radius 2 is 0.844 bits per heavy atom. The molecule has 0 saturated heterocycles. The van der Waals surface area contributed by atoms with Crippen LogP contribution in [-0.4, -0.2) is 46.9 Å². The molecule has 0 aliphatic rings. The van der Waals surface area contributed by atoms with E-state index < -0.39 is 18.2 Å². The normalized spacial score (nSPS) is 13.4. The molecular formula is C58H109NO5. The van der Waals surface area contributed by atoms with Gasteiger partial charge in [0.05, 0.1) is 25.2 Å². The molecule has 64 heavy (non-hydrogen) atoms. The minimum absolute atomic E-state index is 0.0557. The molecule has 0 bridgehead atoms. The number of esters is 1. The molecule has 0 rings (SSSR count). The van der Waals surface area contributed by atoms with Gasteiger partial charge in [0.25, 0.3) is 0 Å². The number of allylic oxidation sites excluding steroid dienone is 6. The van der Waals surface area contributed by atoms with E-state index in [1.54, 1.807) is 0 Å². The molecule has 0 aromatic carbocycles. The third-order valence-electron chi connectivity index (χ3n) is 13.0. The van der Waals surface area contributed by atoms with Gasteiger partial charge in [0.15, 0.2) is 0 Å². The van der Waals surface area contributed by atoms with Crippen molar-refractivity contribution in [3.63, 3.8) is 0 Å². The molecule has 0 fully saturated rings. The second kappa shape index (κ2) is 52.1. The quantitative estimate of drug-likeness (QED) is 0.0321. The lowest BCUT2D eigenvalue weighted by Crippen LogP contribution is -2.46. The summed E-state index contributed by atoms with van der Waals surface area (Å²) in [6.07, 6.45) is 62.2. The van der Waals surface area contributed by atoms with Crippen LogP contribution in [0.15, 0.2) is 36.5 Å². The summed E-state index contributed by atoms with van der Waals surface area (Å²) < 4.78 is 5.93. The average molecular weight is 901 g/mol. The van der Waals surface area contributed by atoms with Crippen molar-refractivity contribution in [2.45, 2.75) is 315 Å². The number of carbonyl (C=O) groups is 2. The monoisotopic (exact) mass is 900 g/mol. The third kappa shape index (κ3) is 46.6. The molecule has 0 aromatic rings. The van der Waals surface area contributed by atoms with Crippen molar-refractivity contribution in [1.82, 2.24) is 5.32 Å². The molecule has 0 aromatic heterocycles. The van der Waals surface area contributed by atoms with E-state index in [9.17, 15) is 19.8 Å². The van der Waals surface area contributed by atoms with Gasteiger partial charge in [-0.1, -0.05) is 263 Å². The summed E-state index contributed by atoms with van der Waals surface area (Å²) in [6.45, 7) is 6.39. The van der Waals surface area contributed by atoms with Gasteiger partial charge in [-0.2, -0.15) is 0 Å². The van der Waals surface area contributed by atoms with Crippen LogP contribution in [-0.2, 0) is 14.3 Å². The van der Waals surface area contributed by atoms with Crippen molar-refractivity contribution in [1.29, 1.82) is 0 Å². The third-order valence-corrected chi connectivity index (χ3v) is 13.0. The summed E-state index contributed by atoms with van der Waals surface area (Å²) in [7, 11) is 0. The number of unbranched alkanes of at least 4 members (excludes halogenated alkanes) is 33. The standard InChI is InChI=1S/C58H109NO5/c1-4-7-10-13-16-19-22-25-27-29-31-33-36-39-42-45-48-51-58(63)64-54(49-46-43-40-37-34-24-21-18-15-12-9-6-3)52-57(62)59-55(53-60)56(61)50-47-44-41-38-35-32-30-28-26-23-20-17-14-11-8-5-2/h9,12,18,21,34,37,54-56,60-61H,4-8,10-11,13-17,19-20,22-33,35-36,38-53H2,1-3H3,(H,59,62)/b12-9+,21-18+,37-34+. The molecule has 3 unspecified atom stereocenters. The Hall–Kier alpha value is -1.92. The van der Waals surface area contributed by atoms with Gasteiger partial charge < -0.3 is 20.3 Å². The van der Waals surface area contributed by atoms with Crippen LogP contribution < -0.4 is 5.32 Å². The molecule has 0 aliphatic heterocycles. The van der Waals surface area contributed by atoms with Gasteiger partial charge in [0.1, 0.15) is 6.10 Å². The first kappa shape index (κ1) is 62.1. The number of nitrogens with one attached hydrogen (secondary N) is 1. The van der Waals surface area contributed by atoms with Crippen LogP contribution in [0.2, 0.25) is 0 Å². The van der Waals surface area contributed by atoms with Crippen LogP contribution in [0.4, 0.5) is 0 Å². The van der Waals surface area contributed by atoms with Gasteiger partial charge in [0, 0.05) is 6.42 Å². The average Bonchev–Trinajstić information content (AvgIpc) is 3.29. The van der Waals surface area contributed by atoms with Gasteiger partial charge in [0.2, 0.25) is 5.91 Å². The Kier molecular flexibility index (Phi) is 50.5. The van der Waals surface area contributed by atoms with E-state index >= 15 is 0 Å². The van der Waals surface area contributed by atoms with Crippen LogP contribution in [0.5, 0.6) is 0 Å². The largest absolute Gasteiger partial charge is 0.462 e. The summed E-state index contributed by atoms with van der Waals surface area (Å²) >= 11 is 0. The topological polar surface area (TPSA) is 95.9 Å². The summed E-state index contributed by atoms with van der Waals surface area (Å²) in [5, 5.41) is 23.8. The number of ether oxygens (including phenoxy) is 1. The van der Waals surface area contributed by atoms with Crippen LogP contribution in [0, 0.1) is 0 Å². The van der Waals surface area contributed by atoms with E-state index in [0.717, 1.165) is 77.0 Å². The van der Waals surface area contributed by atoms with E-state index in [4.69, 9.17) is 4.74 Å². The van der Waals surface area contributed by atoms with Crippen LogP contribution in [0.3, 0.4) is 0 Å². The Balaban J connectivity index is 4.49. The summed E-state index contributed by atoms with van der Waals surface area (Å²) in [6, 6.07) is -0.711. The van der Waals surface area contributed by atoms with E-state index in [1.807, 2.05) is 0 Å². The Bertz CT molecular complexity index is 1060. The lowest BCUT2D eigenvalue weighted by atomic mass is 10.0. The molecule has 3 atom stereocenters. The highest BCUT2D eigenvalue weighted by atomic mass is 16.5. The fourth-order valence-corrected chi connectivity index (χ4v) is 8.74. The first-order chi connectivity index (χ1) is 31.5. The maximum Gasteiger partial charge on any atom is 0.306 e. The minimum Gasteiger partial charge on any atom is -0.462 e. The first-order valence-corrected chi connectivity index (χ1v) is 28.2. The second-order valence-corrected chi connectivity index (χ2v) is 19.3. The predicted octanol–water partition coefficient (Wildman–Crippen LogP) is 17.2. The van der Waals surface area contributed by atoms with Gasteiger partial charge in [-0.3, -0.25) is 9.59 Å². The number of hydrogen-bond donors (Lipinski definition) is 3. The predicted molar refractivity (Wildman–Crippen MR) is 278 cm³/mol. The van der Waals surface area contributed by atoms with Crippen LogP contribution in [0.25, 0.3) is 0 Å². The zero-order valence-corrected chi connectivity index (χ0v) is 42.9. The zero-order valence-electron chi connectivity index (χ0n) is 42.9. The lowest BCUT2D eigenvalue weighted by Gasteiger charge is -2.24. The Labute approximate surface area is 398 Å². The van der Waals surface area contributed by atoms with E-state index in [-0.39, 0.29) is 24.9 Å². The van der Waals surface area contributed by atoms with E-state index in [0.29, 0.717) is 19.3 Å². The lowest BCUT2D eigenvalue weighted by molar-refractivity contribution is -0.151. The Morgan fingerprint density at radius 1 is 0.469 bits per heavy atom. The van der Waals surface area contributed by atoms with Crippen molar-refractivity contribution in [2.24, 2.45) is 0 Å². The maximum absolute atomic E-state index is 13.2. The maximum atomic E-state index is 13.2. The number of carbonyl (C=O) groups excluding carboxylic acids is 2. The van der Waals surface area contributed by atoms with Gasteiger partial charge >= 0.3 is 5.97 Å². The summed E-state index contributed by atoms with van der Waals surface area (Å²) in [5.41, 5.74) is 0. The fourth-order valence-electron chi connectivity index (χ4n) is 8.74. The molecule has 1 amide bonds. The van der Waals surface area contributed by atoms with Crippen LogP contribution >= 0.6 is 0 Å². The van der Waals surface area contributed by atoms with Crippen molar-refractivity contribution in [2.75, 3.05) is 6.61 Å². The molecule has 0 saturated carbocycles. The van der Waals surface area contributed by atoms with Gasteiger partial charge in [-0.05, 0) is 57.8 Å². The molecule has 0 radical (unpaired) electrons. The van der Waals surface area contributed by atoms with E-state index in [1.165, 1.54) is 173 Å². The van der Waals surface area contributed by atoms with Crippen molar-refractivity contribution in [3.05, 3.63) is 36.5 Å². The molecule has 0 spiro atoms.